The standard InChI is InChI=1S/C10H26O3Si3/c1-9-10-16(11-2,12-14(3,4)5)13-15(6,7)8/h9H,1,10H2,2-8H3. The Morgan fingerprint density at radius 1 is 0.938 bits per heavy atom. The number of hydrogen-bond acceptors (Lipinski definition) is 3. The van der Waals surface area contributed by atoms with E-state index in [1.54, 1.807) is 7.11 Å². The second kappa shape index (κ2) is 5.74. The van der Waals surface area contributed by atoms with Crippen LogP contribution < -0.4 is 0 Å². The summed E-state index contributed by atoms with van der Waals surface area (Å²) >= 11 is 0. The molecule has 3 nitrogen and oxygen atoms in total. The number of hydrogen-bond donors (Lipinski definition) is 0. The SMILES string of the molecule is C=CC[Si](OC)(O[Si](C)(C)C)O[Si](C)(C)C. The molecule has 0 heterocycles. The third-order valence-corrected chi connectivity index (χ3v) is 10.4. The molecule has 0 aliphatic rings. The molecule has 0 amide bonds. The second-order valence-electron chi connectivity index (χ2n) is 5.81. The summed E-state index contributed by atoms with van der Waals surface area (Å²) in [6, 6.07) is 0.692. The molecule has 6 heteroatoms. The van der Waals surface area contributed by atoms with Crippen LogP contribution in [0.3, 0.4) is 0 Å². The maximum atomic E-state index is 6.19. The van der Waals surface area contributed by atoms with Crippen LogP contribution in [0.2, 0.25) is 45.3 Å². The van der Waals surface area contributed by atoms with Crippen molar-refractivity contribution in [1.82, 2.24) is 0 Å². The maximum Gasteiger partial charge on any atom is 0.483 e. The molecule has 0 saturated heterocycles. The van der Waals surface area contributed by atoms with Gasteiger partial charge in [-0.1, -0.05) is 6.08 Å². The van der Waals surface area contributed by atoms with Crippen molar-refractivity contribution in [1.29, 1.82) is 0 Å². The number of allylic oxidation sites excluding steroid dienone is 1. The van der Waals surface area contributed by atoms with E-state index in [-0.39, 0.29) is 0 Å². The summed E-state index contributed by atoms with van der Waals surface area (Å²) in [6.07, 6.45) is 1.84. The Morgan fingerprint density at radius 2 is 1.31 bits per heavy atom. The minimum absolute atomic E-state index is 0.692. The molecule has 0 aliphatic heterocycles. The van der Waals surface area contributed by atoms with Crippen molar-refractivity contribution in [2.75, 3.05) is 7.11 Å². The van der Waals surface area contributed by atoms with E-state index in [4.69, 9.17) is 12.7 Å². The third-order valence-electron chi connectivity index (χ3n) is 1.63. The van der Waals surface area contributed by atoms with E-state index in [2.05, 4.69) is 45.9 Å². The molecule has 0 atom stereocenters. The summed E-state index contributed by atoms with van der Waals surface area (Å²) in [5, 5.41) is 0. The lowest BCUT2D eigenvalue weighted by Crippen LogP contribution is -2.56. The molecule has 96 valence electrons. The molecule has 0 bridgehead atoms. The molecule has 0 aliphatic carbocycles. The maximum absolute atomic E-state index is 6.19. The molecule has 0 N–H and O–H groups in total. The van der Waals surface area contributed by atoms with E-state index >= 15 is 0 Å². The quantitative estimate of drug-likeness (QED) is 0.527. The molecule has 16 heavy (non-hydrogen) atoms. The van der Waals surface area contributed by atoms with Gasteiger partial charge in [-0.3, -0.25) is 0 Å². The van der Waals surface area contributed by atoms with Crippen molar-refractivity contribution in [3.8, 4) is 0 Å². The Labute approximate surface area is 103 Å². The van der Waals surface area contributed by atoms with E-state index in [0.717, 1.165) is 0 Å². The zero-order valence-corrected chi connectivity index (χ0v) is 14.7. The first-order valence-electron chi connectivity index (χ1n) is 5.60. The first kappa shape index (κ1) is 16.3. The fourth-order valence-electron chi connectivity index (χ4n) is 1.38. The van der Waals surface area contributed by atoms with Gasteiger partial charge in [0.25, 0.3) is 0 Å². The van der Waals surface area contributed by atoms with Crippen molar-refractivity contribution in [3.63, 3.8) is 0 Å². The first-order chi connectivity index (χ1) is 7.04. The molecular formula is C10H26O3Si3. The molecule has 0 saturated carbocycles. The van der Waals surface area contributed by atoms with E-state index in [0.29, 0.717) is 6.04 Å². The van der Waals surface area contributed by atoms with Gasteiger partial charge in [0.15, 0.2) is 16.6 Å². The summed E-state index contributed by atoms with van der Waals surface area (Å²) in [6.45, 7) is 16.7. The van der Waals surface area contributed by atoms with Crippen LogP contribution in [0.5, 0.6) is 0 Å². The molecule has 0 spiro atoms. The fraction of sp³-hybridized carbons (Fsp3) is 0.800. The third kappa shape index (κ3) is 6.77. The highest BCUT2D eigenvalue weighted by atomic mass is 28.5. The van der Waals surface area contributed by atoms with Crippen LogP contribution in [0.4, 0.5) is 0 Å². The van der Waals surface area contributed by atoms with E-state index in [1.807, 2.05) is 6.08 Å². The van der Waals surface area contributed by atoms with Crippen molar-refractivity contribution in [2.45, 2.75) is 45.3 Å². The Bertz CT molecular complexity index is 214. The van der Waals surface area contributed by atoms with Gasteiger partial charge in [-0.15, -0.1) is 6.58 Å². The van der Waals surface area contributed by atoms with E-state index in [9.17, 15) is 0 Å². The lowest BCUT2D eigenvalue weighted by Gasteiger charge is -2.37. The molecule has 0 unspecified atom stereocenters. The number of rotatable bonds is 7. The van der Waals surface area contributed by atoms with Crippen LogP contribution in [0.1, 0.15) is 0 Å². The van der Waals surface area contributed by atoms with E-state index < -0.39 is 25.4 Å². The molecule has 0 radical (unpaired) electrons. The predicted molar refractivity (Wildman–Crippen MR) is 76.6 cm³/mol. The zero-order chi connectivity index (χ0) is 13.0. The van der Waals surface area contributed by atoms with Crippen LogP contribution in [0.15, 0.2) is 12.7 Å². The normalized spacial score (nSPS) is 13.9. The van der Waals surface area contributed by atoms with Crippen molar-refractivity contribution in [2.24, 2.45) is 0 Å². The summed E-state index contributed by atoms with van der Waals surface area (Å²) in [5.41, 5.74) is 0. The average molecular weight is 279 g/mol. The Kier molecular flexibility index (Phi) is 5.84. The highest BCUT2D eigenvalue weighted by Gasteiger charge is 2.45. The summed E-state index contributed by atoms with van der Waals surface area (Å²) in [5.74, 6) is 0. The summed E-state index contributed by atoms with van der Waals surface area (Å²) in [4.78, 5) is 0. The molecule has 0 aromatic carbocycles. The molecular weight excluding hydrogens is 252 g/mol. The second-order valence-corrected chi connectivity index (χ2v) is 18.1. The van der Waals surface area contributed by atoms with Gasteiger partial charge in [0.05, 0.1) is 0 Å². The van der Waals surface area contributed by atoms with Crippen LogP contribution in [0, 0.1) is 0 Å². The average Bonchev–Trinajstić information content (AvgIpc) is 1.98. The lowest BCUT2D eigenvalue weighted by molar-refractivity contribution is 0.203. The van der Waals surface area contributed by atoms with Gasteiger partial charge in [0.2, 0.25) is 0 Å². The zero-order valence-electron chi connectivity index (χ0n) is 11.7. The molecule has 0 aromatic heterocycles. The Morgan fingerprint density at radius 3 is 1.50 bits per heavy atom. The fourth-order valence-corrected chi connectivity index (χ4v) is 11.2. The predicted octanol–water partition coefficient (Wildman–Crippen LogP) is 3.46. The Hall–Kier alpha value is 0.271. The van der Waals surface area contributed by atoms with Gasteiger partial charge >= 0.3 is 8.80 Å². The van der Waals surface area contributed by atoms with Gasteiger partial charge in [-0.05, 0) is 39.3 Å². The van der Waals surface area contributed by atoms with Crippen molar-refractivity contribution in [3.05, 3.63) is 12.7 Å². The minimum Gasteiger partial charge on any atom is -0.416 e. The summed E-state index contributed by atoms with van der Waals surface area (Å²) in [7, 11) is -4.17. The van der Waals surface area contributed by atoms with E-state index in [1.165, 1.54) is 0 Å². The van der Waals surface area contributed by atoms with Gasteiger partial charge < -0.3 is 12.7 Å². The highest BCUT2D eigenvalue weighted by molar-refractivity contribution is 6.85. The molecule has 0 rings (SSSR count). The largest absolute Gasteiger partial charge is 0.483 e. The topological polar surface area (TPSA) is 27.7 Å². The van der Waals surface area contributed by atoms with Crippen LogP contribution in [0.25, 0.3) is 0 Å². The van der Waals surface area contributed by atoms with Crippen LogP contribution in [-0.4, -0.2) is 32.5 Å². The lowest BCUT2D eigenvalue weighted by atomic mass is 10.8. The minimum atomic E-state index is -2.53. The summed E-state index contributed by atoms with van der Waals surface area (Å²) < 4.78 is 18.0. The highest BCUT2D eigenvalue weighted by Crippen LogP contribution is 2.24. The van der Waals surface area contributed by atoms with Crippen molar-refractivity contribution < 1.29 is 12.7 Å². The van der Waals surface area contributed by atoms with Gasteiger partial charge in [0.1, 0.15) is 0 Å². The monoisotopic (exact) mass is 278 g/mol. The van der Waals surface area contributed by atoms with Crippen LogP contribution >= 0.6 is 0 Å². The molecule has 0 fully saturated rings. The first-order valence-corrected chi connectivity index (χ1v) is 14.3. The van der Waals surface area contributed by atoms with Crippen molar-refractivity contribution >= 4 is 25.4 Å². The van der Waals surface area contributed by atoms with Gasteiger partial charge in [-0.25, -0.2) is 0 Å². The van der Waals surface area contributed by atoms with Gasteiger partial charge in [0, 0.05) is 13.2 Å². The smallest absolute Gasteiger partial charge is 0.416 e. The molecule has 0 aromatic rings. The van der Waals surface area contributed by atoms with Crippen LogP contribution in [-0.2, 0) is 12.7 Å². The van der Waals surface area contributed by atoms with Gasteiger partial charge in [-0.2, -0.15) is 0 Å². The Balaban J connectivity index is 4.92.